The summed E-state index contributed by atoms with van der Waals surface area (Å²) in [5.41, 5.74) is -0.0999. The van der Waals surface area contributed by atoms with E-state index in [2.05, 4.69) is 4.72 Å². The van der Waals surface area contributed by atoms with Crippen LogP contribution in [0.4, 0.5) is 0 Å². The molecule has 0 radical (unpaired) electrons. The molecule has 0 amide bonds. The minimum absolute atomic E-state index is 0.00904. The topological polar surface area (TPSA) is 90.9 Å². The van der Waals surface area contributed by atoms with Gasteiger partial charge in [0.25, 0.3) is 0 Å². The third kappa shape index (κ3) is 7.57. The van der Waals surface area contributed by atoms with Gasteiger partial charge < -0.3 is 14.2 Å². The van der Waals surface area contributed by atoms with Crippen molar-refractivity contribution < 1.29 is 27.4 Å². The maximum atomic E-state index is 12.5. The molecule has 0 saturated carbocycles. The molecule has 0 aliphatic heterocycles. The highest BCUT2D eigenvalue weighted by atomic mass is 35.5. The van der Waals surface area contributed by atoms with E-state index in [-0.39, 0.29) is 46.2 Å². The number of hydrogen-bond acceptors (Lipinski definition) is 6. The Bertz CT molecular complexity index is 994. The number of rotatable bonds is 11. The second kappa shape index (κ2) is 11.6. The highest BCUT2D eigenvalue weighted by Gasteiger charge is 2.23. The zero-order chi connectivity index (χ0) is 23.0. The fraction of sp³-hybridized carbons (Fsp3) is 0.381. The fourth-order valence-electron chi connectivity index (χ4n) is 2.42. The summed E-state index contributed by atoms with van der Waals surface area (Å²) in [6.45, 7) is 6.47. The largest absolute Gasteiger partial charge is 0.494 e. The highest BCUT2D eigenvalue weighted by Crippen LogP contribution is 2.29. The summed E-state index contributed by atoms with van der Waals surface area (Å²) in [6, 6.07) is 9.35. The van der Waals surface area contributed by atoms with Crippen LogP contribution in [0, 0.1) is 5.92 Å². The first-order chi connectivity index (χ1) is 14.6. The van der Waals surface area contributed by atoms with Crippen LogP contribution < -0.4 is 14.2 Å². The normalized spacial score (nSPS) is 11.4. The molecular weight excluding hydrogens is 465 g/mol. The molecule has 170 valence electrons. The predicted octanol–water partition coefficient (Wildman–Crippen LogP) is 4.56. The van der Waals surface area contributed by atoms with E-state index in [1.807, 2.05) is 20.8 Å². The first kappa shape index (κ1) is 25.3. The molecule has 0 aliphatic carbocycles. The number of sulfonamides is 1. The third-order valence-electron chi connectivity index (χ3n) is 3.93. The van der Waals surface area contributed by atoms with Gasteiger partial charge in [-0.05, 0) is 49.2 Å². The van der Waals surface area contributed by atoms with Crippen molar-refractivity contribution in [2.45, 2.75) is 25.7 Å². The molecule has 0 bridgehead atoms. The van der Waals surface area contributed by atoms with Gasteiger partial charge in [0, 0.05) is 6.54 Å². The van der Waals surface area contributed by atoms with Crippen LogP contribution in [0.3, 0.4) is 0 Å². The Morgan fingerprint density at radius 1 is 1.00 bits per heavy atom. The second-order valence-corrected chi connectivity index (χ2v) is 9.45. The molecule has 2 aromatic carbocycles. The van der Waals surface area contributed by atoms with Gasteiger partial charge >= 0.3 is 5.97 Å². The highest BCUT2D eigenvalue weighted by molar-refractivity contribution is 7.89. The van der Waals surface area contributed by atoms with Gasteiger partial charge in [0.2, 0.25) is 10.0 Å². The lowest BCUT2D eigenvalue weighted by Crippen LogP contribution is -2.28. The van der Waals surface area contributed by atoms with E-state index in [0.717, 1.165) is 11.8 Å². The van der Waals surface area contributed by atoms with E-state index in [0.29, 0.717) is 12.4 Å². The van der Waals surface area contributed by atoms with E-state index in [9.17, 15) is 13.2 Å². The Hall–Kier alpha value is -2.00. The summed E-state index contributed by atoms with van der Waals surface area (Å²) in [7, 11) is -3.91. The Morgan fingerprint density at radius 3 is 2.19 bits per heavy atom. The molecule has 7 nitrogen and oxygen atoms in total. The Labute approximate surface area is 192 Å². The van der Waals surface area contributed by atoms with Crippen molar-refractivity contribution in [1.29, 1.82) is 0 Å². The molecule has 31 heavy (non-hydrogen) atoms. The van der Waals surface area contributed by atoms with Crippen LogP contribution >= 0.6 is 23.2 Å². The van der Waals surface area contributed by atoms with Crippen LogP contribution in [0.15, 0.2) is 41.3 Å². The third-order valence-corrected chi connectivity index (χ3v) is 6.13. The Morgan fingerprint density at radius 2 is 1.61 bits per heavy atom. The maximum absolute atomic E-state index is 12.5. The van der Waals surface area contributed by atoms with E-state index in [1.54, 1.807) is 24.3 Å². The molecule has 10 heteroatoms. The van der Waals surface area contributed by atoms with Gasteiger partial charge in [0.15, 0.2) is 0 Å². The molecule has 0 aromatic heterocycles. The van der Waals surface area contributed by atoms with Crippen molar-refractivity contribution in [3.8, 4) is 11.5 Å². The second-order valence-electron chi connectivity index (χ2n) is 6.90. The Kier molecular flexibility index (Phi) is 9.43. The summed E-state index contributed by atoms with van der Waals surface area (Å²) in [4.78, 5) is 12.2. The molecule has 0 unspecified atom stereocenters. The monoisotopic (exact) mass is 489 g/mol. The van der Waals surface area contributed by atoms with Gasteiger partial charge in [-0.15, -0.1) is 0 Å². The molecule has 0 atom stereocenters. The molecule has 2 rings (SSSR count). The van der Waals surface area contributed by atoms with Crippen molar-refractivity contribution in [2.75, 3.05) is 26.4 Å². The van der Waals surface area contributed by atoms with Gasteiger partial charge in [-0.25, -0.2) is 17.9 Å². The van der Waals surface area contributed by atoms with Crippen LogP contribution in [-0.4, -0.2) is 40.8 Å². The first-order valence-corrected chi connectivity index (χ1v) is 11.9. The van der Waals surface area contributed by atoms with E-state index in [1.165, 1.54) is 6.07 Å². The zero-order valence-corrected chi connectivity index (χ0v) is 19.8. The minimum atomic E-state index is -3.91. The van der Waals surface area contributed by atoms with Crippen molar-refractivity contribution >= 4 is 39.2 Å². The number of hydrogen-bond donors (Lipinski definition) is 1. The number of esters is 1. The summed E-state index contributed by atoms with van der Waals surface area (Å²) in [6.07, 6.45) is 0. The SMILES string of the molecule is CCOc1ccc(OCCOC(=O)c2cc(S(=O)(=O)NCC(C)C)c(Cl)cc2Cl)cc1. The Balaban J connectivity index is 1.99. The van der Waals surface area contributed by atoms with Crippen molar-refractivity contribution in [3.63, 3.8) is 0 Å². The quantitative estimate of drug-likeness (QED) is 0.367. The summed E-state index contributed by atoms with van der Waals surface area (Å²) in [5, 5.41) is -0.0955. The van der Waals surface area contributed by atoms with E-state index < -0.39 is 16.0 Å². The lowest BCUT2D eigenvalue weighted by Gasteiger charge is -2.13. The summed E-state index contributed by atoms with van der Waals surface area (Å²) >= 11 is 12.1. The van der Waals surface area contributed by atoms with Crippen LogP contribution in [0.1, 0.15) is 31.1 Å². The van der Waals surface area contributed by atoms with Crippen molar-refractivity contribution in [1.82, 2.24) is 4.72 Å². The number of benzene rings is 2. The molecule has 2 aromatic rings. The molecule has 0 aliphatic rings. The maximum Gasteiger partial charge on any atom is 0.339 e. The van der Waals surface area contributed by atoms with Crippen molar-refractivity contribution in [3.05, 3.63) is 52.0 Å². The first-order valence-electron chi connectivity index (χ1n) is 9.65. The summed E-state index contributed by atoms with van der Waals surface area (Å²) < 4.78 is 43.5. The molecule has 1 N–H and O–H groups in total. The summed E-state index contributed by atoms with van der Waals surface area (Å²) in [5.74, 6) is 0.638. The molecule has 0 heterocycles. The molecule has 0 saturated heterocycles. The minimum Gasteiger partial charge on any atom is -0.494 e. The average molecular weight is 490 g/mol. The fourth-order valence-corrected chi connectivity index (χ4v) is 4.48. The lowest BCUT2D eigenvalue weighted by molar-refractivity contribution is 0.0450. The molecule has 0 fully saturated rings. The van der Waals surface area contributed by atoms with Gasteiger partial charge in [-0.1, -0.05) is 37.0 Å². The standard InChI is InChI=1S/C21H25Cl2NO6S/c1-4-28-15-5-7-16(8-6-15)29-9-10-30-21(25)17-11-20(19(23)12-18(17)22)31(26,27)24-13-14(2)3/h5-8,11-12,14,24H,4,9-10,13H2,1-3H3. The predicted molar refractivity (Wildman–Crippen MR) is 120 cm³/mol. The molecular formula is C21H25Cl2NO6S. The zero-order valence-electron chi connectivity index (χ0n) is 17.5. The van der Waals surface area contributed by atoms with Gasteiger partial charge in [-0.2, -0.15) is 0 Å². The number of ether oxygens (including phenoxy) is 3. The average Bonchev–Trinajstić information content (AvgIpc) is 2.71. The van der Waals surface area contributed by atoms with Crippen LogP contribution in [-0.2, 0) is 14.8 Å². The number of halogens is 2. The van der Waals surface area contributed by atoms with Gasteiger partial charge in [-0.3, -0.25) is 0 Å². The van der Waals surface area contributed by atoms with Crippen LogP contribution in [0.25, 0.3) is 0 Å². The van der Waals surface area contributed by atoms with Crippen molar-refractivity contribution in [2.24, 2.45) is 5.92 Å². The van der Waals surface area contributed by atoms with E-state index >= 15 is 0 Å². The van der Waals surface area contributed by atoms with Crippen LogP contribution in [0.5, 0.6) is 11.5 Å². The van der Waals surface area contributed by atoms with Crippen LogP contribution in [0.2, 0.25) is 10.0 Å². The number of carbonyl (C=O) groups is 1. The van der Waals surface area contributed by atoms with E-state index in [4.69, 9.17) is 37.4 Å². The lowest BCUT2D eigenvalue weighted by atomic mass is 10.2. The smallest absolute Gasteiger partial charge is 0.339 e. The number of nitrogens with one attached hydrogen (secondary N) is 1. The van der Waals surface area contributed by atoms with Gasteiger partial charge in [0.1, 0.15) is 29.6 Å². The molecule has 0 spiro atoms. The van der Waals surface area contributed by atoms with Gasteiger partial charge in [0.05, 0.1) is 22.2 Å². The number of carbonyl (C=O) groups excluding carboxylic acids is 1.